The molecule has 0 fully saturated rings. The summed E-state index contributed by atoms with van der Waals surface area (Å²) in [5.74, 6) is 2.96. The molecule has 0 amide bonds. The fourth-order valence-electron chi connectivity index (χ4n) is 6.31. The third-order valence-corrected chi connectivity index (χ3v) is 13.3. The molecule has 1 aromatic carbocycles. The minimum atomic E-state index is -1.82. The van der Waals surface area contributed by atoms with Gasteiger partial charge in [-0.2, -0.15) is 0 Å². The molecule has 3 nitrogen and oxygen atoms in total. The maximum Gasteiger partial charge on any atom is 0.245 e. The molecule has 1 aromatic rings. The van der Waals surface area contributed by atoms with Gasteiger partial charge in [0.1, 0.15) is 17.1 Å². The molecule has 0 spiro atoms. The number of unbranched alkanes of at least 4 members (excludes halogenated alkanes) is 2. The summed E-state index contributed by atoms with van der Waals surface area (Å²) >= 11 is 0. The Bertz CT molecular complexity index is 903. The Morgan fingerprint density at radius 3 is 2.31 bits per heavy atom. The summed E-state index contributed by atoms with van der Waals surface area (Å²) in [4.78, 5) is 0. The summed E-state index contributed by atoms with van der Waals surface area (Å²) in [6.07, 6.45) is 12.0. The van der Waals surface area contributed by atoms with Crippen molar-refractivity contribution in [2.75, 3.05) is 6.61 Å². The molecular formula is C31H54O3Si2. The van der Waals surface area contributed by atoms with E-state index in [1.54, 1.807) is 0 Å². The summed E-state index contributed by atoms with van der Waals surface area (Å²) in [7, 11) is -3.41. The van der Waals surface area contributed by atoms with E-state index in [1.165, 1.54) is 60.9 Å². The summed E-state index contributed by atoms with van der Waals surface area (Å²) in [5.41, 5.74) is 3.95. The van der Waals surface area contributed by atoms with Gasteiger partial charge in [-0.3, -0.25) is 0 Å². The lowest BCUT2D eigenvalue weighted by Crippen LogP contribution is -2.46. The van der Waals surface area contributed by atoms with Crippen LogP contribution in [0.4, 0.5) is 0 Å². The number of aryl methyl sites for hydroxylation is 1. The Labute approximate surface area is 224 Å². The third kappa shape index (κ3) is 7.51. The highest BCUT2D eigenvalue weighted by Crippen LogP contribution is 2.54. The normalized spacial score (nSPS) is 21.3. The van der Waals surface area contributed by atoms with Crippen molar-refractivity contribution in [1.29, 1.82) is 0 Å². The van der Waals surface area contributed by atoms with Gasteiger partial charge in [0.2, 0.25) is 8.32 Å². The Morgan fingerprint density at radius 2 is 1.64 bits per heavy atom. The Kier molecular flexibility index (Phi) is 10.0. The van der Waals surface area contributed by atoms with Crippen LogP contribution in [0.1, 0.15) is 96.6 Å². The van der Waals surface area contributed by atoms with Crippen molar-refractivity contribution in [3.05, 3.63) is 34.9 Å². The predicted octanol–water partition coefficient (Wildman–Crippen LogP) is 9.64. The number of rotatable bonds is 13. The van der Waals surface area contributed by atoms with Gasteiger partial charge in [-0.05, 0) is 101 Å². The van der Waals surface area contributed by atoms with Gasteiger partial charge in [-0.15, -0.1) is 0 Å². The molecule has 2 atom stereocenters. The van der Waals surface area contributed by atoms with Crippen LogP contribution in [0.2, 0.25) is 38.3 Å². The van der Waals surface area contributed by atoms with Crippen LogP contribution in [0.15, 0.2) is 23.8 Å². The van der Waals surface area contributed by atoms with Gasteiger partial charge >= 0.3 is 0 Å². The highest BCUT2D eigenvalue weighted by Gasteiger charge is 2.46. The van der Waals surface area contributed by atoms with Crippen LogP contribution in [0.5, 0.6) is 11.5 Å². The molecule has 0 saturated heterocycles. The lowest BCUT2D eigenvalue weighted by Gasteiger charge is -2.47. The fourth-order valence-corrected chi connectivity index (χ4v) is 10.3. The molecule has 1 aliphatic heterocycles. The minimum absolute atomic E-state index is 0.188. The highest BCUT2D eigenvalue weighted by molar-refractivity contribution is 6.72. The van der Waals surface area contributed by atoms with E-state index in [0.717, 1.165) is 37.4 Å². The first-order valence-electron chi connectivity index (χ1n) is 14.8. The fraction of sp³-hybridized carbons (Fsp3) is 0.742. The summed E-state index contributed by atoms with van der Waals surface area (Å²) in [6.45, 7) is 21.7. The van der Waals surface area contributed by atoms with Crippen LogP contribution in [0.3, 0.4) is 0 Å². The molecule has 0 radical (unpaired) electrons. The molecule has 0 saturated carbocycles. The molecule has 3 rings (SSSR count). The van der Waals surface area contributed by atoms with E-state index in [2.05, 4.69) is 79.0 Å². The van der Waals surface area contributed by atoms with Crippen molar-refractivity contribution in [1.82, 2.24) is 0 Å². The smallest absolute Gasteiger partial charge is 0.245 e. The van der Waals surface area contributed by atoms with E-state index in [0.29, 0.717) is 11.8 Å². The molecule has 1 aliphatic carbocycles. The SMILES string of the molecule is CCCCCc1cc2c(c(O[Si](C)(C)CCC)c1)C1C=C(CO[Si](C)(C)CCC)CCC1C(C)(C)O2. The van der Waals surface area contributed by atoms with Crippen LogP contribution in [0, 0.1) is 5.92 Å². The molecule has 0 N–H and O–H groups in total. The minimum Gasteiger partial charge on any atom is -0.544 e. The van der Waals surface area contributed by atoms with E-state index >= 15 is 0 Å². The number of hydrogen-bond acceptors (Lipinski definition) is 3. The van der Waals surface area contributed by atoms with Gasteiger partial charge < -0.3 is 13.6 Å². The van der Waals surface area contributed by atoms with Crippen molar-refractivity contribution in [2.45, 2.75) is 136 Å². The zero-order chi connectivity index (χ0) is 26.6. The quantitative estimate of drug-likeness (QED) is 0.144. The monoisotopic (exact) mass is 530 g/mol. The number of ether oxygens (including phenoxy) is 1. The van der Waals surface area contributed by atoms with Gasteiger partial charge in [0.05, 0.1) is 6.61 Å². The number of fused-ring (bicyclic) bond motifs is 3. The highest BCUT2D eigenvalue weighted by atomic mass is 28.4. The second-order valence-corrected chi connectivity index (χ2v) is 21.6. The van der Waals surface area contributed by atoms with Gasteiger partial charge in [-0.25, -0.2) is 0 Å². The number of benzene rings is 1. The van der Waals surface area contributed by atoms with Crippen LogP contribution in [-0.2, 0) is 10.8 Å². The Morgan fingerprint density at radius 1 is 0.944 bits per heavy atom. The molecular weight excluding hydrogens is 477 g/mol. The maximum atomic E-state index is 6.99. The average molecular weight is 531 g/mol. The van der Waals surface area contributed by atoms with Crippen molar-refractivity contribution < 1.29 is 13.6 Å². The lowest BCUT2D eigenvalue weighted by molar-refractivity contribution is 0.0104. The van der Waals surface area contributed by atoms with E-state index in [1.807, 2.05) is 0 Å². The second kappa shape index (κ2) is 12.2. The standard InChI is InChI=1S/C31H54O3Si2/c1-10-13-14-15-24-21-28-30(29(22-24)34-36(8,9)19-12-3)26-20-25(23-32-35(6,7)18-11-2)16-17-27(26)31(4,5)33-28/h20-22,26-27H,10-19,23H2,1-9H3. The summed E-state index contributed by atoms with van der Waals surface area (Å²) < 4.78 is 20.4. The number of allylic oxidation sites excluding steroid dienone is 1. The molecule has 0 bridgehead atoms. The first-order chi connectivity index (χ1) is 16.9. The molecule has 0 aromatic heterocycles. The van der Waals surface area contributed by atoms with E-state index in [9.17, 15) is 0 Å². The zero-order valence-corrected chi connectivity index (χ0v) is 26.9. The first kappa shape index (κ1) is 29.5. The van der Waals surface area contributed by atoms with Gasteiger partial charge in [0.15, 0.2) is 8.32 Å². The van der Waals surface area contributed by atoms with Gasteiger partial charge in [0, 0.05) is 17.4 Å². The molecule has 204 valence electrons. The first-order valence-corrected chi connectivity index (χ1v) is 21.0. The molecule has 36 heavy (non-hydrogen) atoms. The van der Waals surface area contributed by atoms with Crippen molar-refractivity contribution in [3.63, 3.8) is 0 Å². The predicted molar refractivity (Wildman–Crippen MR) is 160 cm³/mol. The van der Waals surface area contributed by atoms with Crippen LogP contribution in [-0.4, -0.2) is 28.8 Å². The van der Waals surface area contributed by atoms with E-state index < -0.39 is 16.6 Å². The van der Waals surface area contributed by atoms with Gasteiger partial charge in [0.25, 0.3) is 0 Å². The topological polar surface area (TPSA) is 27.7 Å². The number of hydrogen-bond donors (Lipinski definition) is 0. The van der Waals surface area contributed by atoms with Gasteiger partial charge in [-0.1, -0.05) is 52.5 Å². The summed E-state index contributed by atoms with van der Waals surface area (Å²) in [5, 5.41) is 0. The van der Waals surface area contributed by atoms with E-state index in [-0.39, 0.29) is 5.60 Å². The van der Waals surface area contributed by atoms with Crippen LogP contribution in [0.25, 0.3) is 0 Å². The maximum absolute atomic E-state index is 6.99. The van der Waals surface area contributed by atoms with Crippen molar-refractivity contribution in [2.24, 2.45) is 5.92 Å². The Hall–Kier alpha value is -1.05. The average Bonchev–Trinajstić information content (AvgIpc) is 2.77. The molecule has 2 unspecified atom stereocenters. The van der Waals surface area contributed by atoms with E-state index in [4.69, 9.17) is 13.6 Å². The lowest BCUT2D eigenvalue weighted by atomic mass is 9.68. The van der Waals surface area contributed by atoms with Crippen molar-refractivity contribution >= 4 is 16.6 Å². The van der Waals surface area contributed by atoms with Crippen molar-refractivity contribution in [3.8, 4) is 11.5 Å². The summed E-state index contributed by atoms with van der Waals surface area (Å²) in [6, 6.07) is 7.11. The molecule has 5 heteroatoms. The zero-order valence-electron chi connectivity index (χ0n) is 24.9. The Balaban J connectivity index is 2.02. The molecule has 1 heterocycles. The molecule has 2 aliphatic rings. The van der Waals surface area contributed by atoms with Crippen LogP contribution >= 0.6 is 0 Å². The second-order valence-electron chi connectivity index (χ2n) is 13.1. The largest absolute Gasteiger partial charge is 0.544 e. The van der Waals surface area contributed by atoms with Crippen LogP contribution < -0.4 is 9.16 Å². The third-order valence-electron chi connectivity index (χ3n) is 8.20.